The zero-order valence-electron chi connectivity index (χ0n) is 15.1. The Bertz CT molecular complexity index is 529. The molecule has 1 N–H and O–H groups in total. The van der Waals surface area contributed by atoms with E-state index in [0.29, 0.717) is 13.0 Å². The molecule has 0 bridgehead atoms. The highest BCUT2D eigenvalue weighted by molar-refractivity contribution is 14.0. The molecule has 1 aromatic rings. The number of hydrogen-bond acceptors (Lipinski definition) is 2. The van der Waals surface area contributed by atoms with Gasteiger partial charge in [0.15, 0.2) is 5.96 Å². The maximum Gasteiger partial charge on any atom is 0.389 e. The van der Waals surface area contributed by atoms with Crippen molar-refractivity contribution in [3.8, 4) is 0 Å². The summed E-state index contributed by atoms with van der Waals surface area (Å²) in [7, 11) is 1.72. The molecule has 1 saturated heterocycles. The van der Waals surface area contributed by atoms with Gasteiger partial charge < -0.3 is 10.2 Å². The highest BCUT2D eigenvalue weighted by Crippen LogP contribution is 2.21. The SMILES string of the molecule is CN=C(NCCCCC(F)(F)F)N1CCN(Cc2ccccc2)CC1.I. The number of alkyl halides is 3. The summed E-state index contributed by atoms with van der Waals surface area (Å²) >= 11 is 0. The maximum absolute atomic E-state index is 12.1. The molecule has 8 heteroatoms. The molecule has 1 heterocycles. The second-order valence-corrected chi connectivity index (χ2v) is 6.30. The molecule has 0 amide bonds. The zero-order chi connectivity index (χ0) is 18.1. The van der Waals surface area contributed by atoms with E-state index in [2.05, 4.69) is 44.4 Å². The van der Waals surface area contributed by atoms with Crippen LogP contribution in [0.4, 0.5) is 13.2 Å². The van der Waals surface area contributed by atoms with E-state index in [0.717, 1.165) is 38.7 Å². The maximum atomic E-state index is 12.1. The van der Waals surface area contributed by atoms with Crippen molar-refractivity contribution in [1.82, 2.24) is 15.1 Å². The molecule has 1 aliphatic heterocycles. The molecule has 0 unspecified atom stereocenters. The number of halogens is 4. The van der Waals surface area contributed by atoms with Crippen molar-refractivity contribution in [1.29, 1.82) is 0 Å². The fourth-order valence-electron chi connectivity index (χ4n) is 2.94. The first-order valence-electron chi connectivity index (χ1n) is 8.76. The number of hydrogen-bond donors (Lipinski definition) is 1. The summed E-state index contributed by atoms with van der Waals surface area (Å²) in [6.07, 6.45) is -4.13. The number of piperazine rings is 1. The van der Waals surface area contributed by atoms with Crippen LogP contribution in [-0.2, 0) is 6.54 Å². The van der Waals surface area contributed by atoms with Crippen molar-refractivity contribution in [3.63, 3.8) is 0 Å². The van der Waals surface area contributed by atoms with Crippen LogP contribution in [0, 0.1) is 0 Å². The number of guanidine groups is 1. The van der Waals surface area contributed by atoms with Gasteiger partial charge in [-0.3, -0.25) is 9.89 Å². The number of nitrogens with zero attached hydrogens (tertiary/aromatic N) is 3. The quantitative estimate of drug-likeness (QED) is 0.289. The lowest BCUT2D eigenvalue weighted by atomic mass is 10.2. The second-order valence-electron chi connectivity index (χ2n) is 6.30. The molecule has 1 fully saturated rings. The molecule has 0 radical (unpaired) electrons. The van der Waals surface area contributed by atoms with Crippen molar-refractivity contribution in [2.75, 3.05) is 39.8 Å². The van der Waals surface area contributed by atoms with Gasteiger partial charge in [-0.15, -0.1) is 24.0 Å². The number of benzene rings is 1. The van der Waals surface area contributed by atoms with Gasteiger partial charge in [0.05, 0.1) is 0 Å². The fraction of sp³-hybridized carbons (Fsp3) is 0.611. The first-order valence-corrected chi connectivity index (χ1v) is 8.76. The molecular formula is C18H28F3IN4. The summed E-state index contributed by atoms with van der Waals surface area (Å²) in [5.74, 6) is 0.784. The van der Waals surface area contributed by atoms with Gasteiger partial charge in [-0.2, -0.15) is 13.2 Å². The first kappa shape index (κ1) is 23.0. The Morgan fingerprint density at radius 2 is 1.73 bits per heavy atom. The standard InChI is InChI=1S/C18H27F3N4.HI/c1-22-17(23-10-6-5-9-18(19,20)21)25-13-11-24(12-14-25)15-16-7-3-2-4-8-16;/h2-4,7-8H,5-6,9-15H2,1H3,(H,22,23);1H. The van der Waals surface area contributed by atoms with E-state index in [1.807, 2.05) is 6.07 Å². The Morgan fingerprint density at radius 1 is 1.08 bits per heavy atom. The molecule has 1 aliphatic rings. The van der Waals surface area contributed by atoms with Gasteiger partial charge in [-0.05, 0) is 18.4 Å². The van der Waals surface area contributed by atoms with Crippen LogP contribution in [0.15, 0.2) is 35.3 Å². The van der Waals surface area contributed by atoms with E-state index in [1.165, 1.54) is 5.56 Å². The topological polar surface area (TPSA) is 30.9 Å². The molecule has 0 atom stereocenters. The largest absolute Gasteiger partial charge is 0.389 e. The van der Waals surface area contributed by atoms with Crippen molar-refractivity contribution >= 4 is 29.9 Å². The molecule has 0 saturated carbocycles. The third kappa shape index (κ3) is 8.57. The monoisotopic (exact) mass is 484 g/mol. The summed E-state index contributed by atoms with van der Waals surface area (Å²) < 4.78 is 36.4. The van der Waals surface area contributed by atoms with Gasteiger partial charge in [0.1, 0.15) is 0 Å². The predicted molar refractivity (Wildman–Crippen MR) is 110 cm³/mol. The highest BCUT2D eigenvalue weighted by atomic mass is 127. The molecule has 2 rings (SSSR count). The highest BCUT2D eigenvalue weighted by Gasteiger charge is 2.26. The van der Waals surface area contributed by atoms with E-state index < -0.39 is 12.6 Å². The van der Waals surface area contributed by atoms with Gasteiger partial charge in [-0.25, -0.2) is 0 Å². The Kier molecular flexibility index (Phi) is 10.3. The lowest BCUT2D eigenvalue weighted by Gasteiger charge is -2.36. The van der Waals surface area contributed by atoms with E-state index in [1.54, 1.807) is 7.05 Å². The van der Waals surface area contributed by atoms with Crippen molar-refractivity contribution in [2.45, 2.75) is 32.0 Å². The minimum atomic E-state index is -4.06. The van der Waals surface area contributed by atoms with Crippen LogP contribution in [-0.4, -0.2) is 61.7 Å². The molecule has 26 heavy (non-hydrogen) atoms. The lowest BCUT2D eigenvalue weighted by Crippen LogP contribution is -2.52. The van der Waals surface area contributed by atoms with Crippen molar-refractivity contribution in [3.05, 3.63) is 35.9 Å². The van der Waals surface area contributed by atoms with E-state index >= 15 is 0 Å². The van der Waals surface area contributed by atoms with Crippen LogP contribution >= 0.6 is 24.0 Å². The molecule has 0 aliphatic carbocycles. The predicted octanol–water partition coefficient (Wildman–Crippen LogP) is 3.73. The van der Waals surface area contributed by atoms with E-state index in [-0.39, 0.29) is 30.4 Å². The summed E-state index contributed by atoms with van der Waals surface area (Å²) in [4.78, 5) is 8.83. The molecule has 148 valence electrons. The normalized spacial score (nSPS) is 16.3. The van der Waals surface area contributed by atoms with Crippen LogP contribution in [0.5, 0.6) is 0 Å². The van der Waals surface area contributed by atoms with Crippen LogP contribution in [0.25, 0.3) is 0 Å². The minimum Gasteiger partial charge on any atom is -0.356 e. The van der Waals surface area contributed by atoms with E-state index in [9.17, 15) is 13.2 Å². The average Bonchev–Trinajstić information content (AvgIpc) is 2.59. The molecule has 1 aromatic carbocycles. The summed E-state index contributed by atoms with van der Waals surface area (Å²) in [5, 5.41) is 3.18. The molecular weight excluding hydrogens is 456 g/mol. The number of nitrogens with one attached hydrogen (secondary N) is 1. The van der Waals surface area contributed by atoms with Crippen LogP contribution < -0.4 is 5.32 Å². The van der Waals surface area contributed by atoms with E-state index in [4.69, 9.17) is 0 Å². The number of rotatable bonds is 6. The summed E-state index contributed by atoms with van der Waals surface area (Å²) in [6, 6.07) is 10.4. The third-order valence-electron chi connectivity index (χ3n) is 4.30. The Hall–Kier alpha value is -1.03. The van der Waals surface area contributed by atoms with Gasteiger partial charge in [0, 0.05) is 52.7 Å². The van der Waals surface area contributed by atoms with Gasteiger partial charge in [-0.1, -0.05) is 30.3 Å². The first-order chi connectivity index (χ1) is 12.0. The summed E-state index contributed by atoms with van der Waals surface area (Å²) in [6.45, 7) is 5.10. The smallest absolute Gasteiger partial charge is 0.356 e. The second kappa shape index (κ2) is 11.6. The minimum absolute atomic E-state index is 0. The van der Waals surface area contributed by atoms with Gasteiger partial charge in [0.2, 0.25) is 0 Å². The lowest BCUT2D eigenvalue weighted by molar-refractivity contribution is -0.135. The molecule has 0 spiro atoms. The summed E-state index contributed by atoms with van der Waals surface area (Å²) in [5.41, 5.74) is 1.31. The fourth-order valence-corrected chi connectivity index (χ4v) is 2.94. The van der Waals surface area contributed by atoms with Crippen LogP contribution in [0.1, 0.15) is 24.8 Å². The zero-order valence-corrected chi connectivity index (χ0v) is 17.5. The van der Waals surface area contributed by atoms with Gasteiger partial charge in [0.25, 0.3) is 0 Å². The Labute approximate surface area is 170 Å². The average molecular weight is 484 g/mol. The Balaban J connectivity index is 0.00000338. The van der Waals surface area contributed by atoms with Crippen molar-refractivity contribution < 1.29 is 13.2 Å². The van der Waals surface area contributed by atoms with Crippen LogP contribution in [0.3, 0.4) is 0 Å². The molecule has 0 aromatic heterocycles. The van der Waals surface area contributed by atoms with Gasteiger partial charge >= 0.3 is 6.18 Å². The van der Waals surface area contributed by atoms with Crippen molar-refractivity contribution in [2.24, 2.45) is 4.99 Å². The Morgan fingerprint density at radius 3 is 2.31 bits per heavy atom. The third-order valence-corrected chi connectivity index (χ3v) is 4.30. The molecule has 4 nitrogen and oxygen atoms in total. The number of unbranched alkanes of at least 4 members (excludes halogenated alkanes) is 1. The number of aliphatic imine (C=N–C) groups is 1. The van der Waals surface area contributed by atoms with Crippen LogP contribution in [0.2, 0.25) is 0 Å².